The normalized spacial score (nSPS) is 11.3. The molecule has 0 unspecified atom stereocenters. The van der Waals surface area contributed by atoms with Gasteiger partial charge in [0.05, 0.1) is 6.54 Å². The van der Waals surface area contributed by atoms with Gasteiger partial charge in [-0.25, -0.2) is 13.2 Å². The van der Waals surface area contributed by atoms with Gasteiger partial charge < -0.3 is 5.11 Å². The van der Waals surface area contributed by atoms with E-state index in [1.165, 1.54) is 0 Å². The Morgan fingerprint density at radius 1 is 1.26 bits per heavy atom. The van der Waals surface area contributed by atoms with Crippen LogP contribution in [0.1, 0.15) is 19.4 Å². The summed E-state index contributed by atoms with van der Waals surface area (Å²) in [6.07, 6.45) is 0. The van der Waals surface area contributed by atoms with Crippen LogP contribution in [0.15, 0.2) is 12.1 Å². The van der Waals surface area contributed by atoms with Crippen LogP contribution < -0.4 is 0 Å². The van der Waals surface area contributed by atoms with Crippen LogP contribution in [0.2, 0.25) is 0 Å². The first-order valence-electron chi connectivity index (χ1n) is 5.87. The zero-order chi connectivity index (χ0) is 14.6. The number of hydrogen-bond acceptors (Lipinski definition) is 2. The van der Waals surface area contributed by atoms with Crippen LogP contribution in [-0.2, 0) is 11.3 Å². The summed E-state index contributed by atoms with van der Waals surface area (Å²) in [7, 11) is 0. The van der Waals surface area contributed by atoms with E-state index in [1.807, 2.05) is 13.8 Å². The van der Waals surface area contributed by atoms with E-state index >= 15 is 0 Å². The molecule has 0 aliphatic heterocycles. The number of rotatable bonds is 6. The van der Waals surface area contributed by atoms with Gasteiger partial charge in [-0.15, -0.1) is 0 Å². The lowest BCUT2D eigenvalue weighted by Crippen LogP contribution is -2.32. The highest BCUT2D eigenvalue weighted by molar-refractivity contribution is 5.69. The zero-order valence-corrected chi connectivity index (χ0v) is 10.8. The van der Waals surface area contributed by atoms with Crippen LogP contribution >= 0.6 is 0 Å². The van der Waals surface area contributed by atoms with Crippen LogP contribution in [-0.4, -0.2) is 29.1 Å². The van der Waals surface area contributed by atoms with Crippen LogP contribution in [0.4, 0.5) is 13.2 Å². The first-order valence-corrected chi connectivity index (χ1v) is 5.87. The SMILES string of the molecule is CC(C)CN(CC(=O)O)Cc1cc(F)c(F)c(F)c1. The molecule has 0 fully saturated rings. The zero-order valence-electron chi connectivity index (χ0n) is 10.8. The lowest BCUT2D eigenvalue weighted by molar-refractivity contribution is -0.138. The molecule has 0 aromatic heterocycles. The van der Waals surface area contributed by atoms with Crippen LogP contribution in [0, 0.1) is 23.4 Å². The number of aliphatic carboxylic acids is 1. The minimum Gasteiger partial charge on any atom is -0.480 e. The van der Waals surface area contributed by atoms with E-state index in [0.29, 0.717) is 6.54 Å². The molecule has 6 heteroatoms. The topological polar surface area (TPSA) is 40.5 Å². The fourth-order valence-corrected chi connectivity index (χ4v) is 1.85. The van der Waals surface area contributed by atoms with Gasteiger partial charge in [-0.1, -0.05) is 13.8 Å². The predicted molar refractivity (Wildman–Crippen MR) is 64.1 cm³/mol. The van der Waals surface area contributed by atoms with Crippen LogP contribution in [0.5, 0.6) is 0 Å². The smallest absolute Gasteiger partial charge is 0.317 e. The Kier molecular flexibility index (Phi) is 5.35. The number of hydrogen-bond donors (Lipinski definition) is 1. The predicted octanol–water partition coefficient (Wildman–Crippen LogP) is 2.65. The first-order chi connectivity index (χ1) is 8.79. The van der Waals surface area contributed by atoms with Gasteiger partial charge in [0, 0.05) is 13.1 Å². The summed E-state index contributed by atoms with van der Waals surface area (Å²) in [6.45, 7) is 4.09. The number of halogens is 3. The maximum atomic E-state index is 13.1. The molecule has 0 heterocycles. The highest BCUT2D eigenvalue weighted by Crippen LogP contribution is 2.15. The first kappa shape index (κ1) is 15.5. The Hall–Kier alpha value is -1.56. The molecule has 0 aliphatic carbocycles. The summed E-state index contributed by atoms with van der Waals surface area (Å²) in [6, 6.07) is 1.77. The van der Waals surface area contributed by atoms with Gasteiger partial charge in [-0.3, -0.25) is 9.69 Å². The van der Waals surface area contributed by atoms with Crippen molar-refractivity contribution in [3.8, 4) is 0 Å². The molecule has 0 aliphatic rings. The minimum absolute atomic E-state index is 0.0542. The van der Waals surface area contributed by atoms with Crippen molar-refractivity contribution in [3.05, 3.63) is 35.1 Å². The highest BCUT2D eigenvalue weighted by Gasteiger charge is 2.15. The number of benzene rings is 1. The molecule has 19 heavy (non-hydrogen) atoms. The molecule has 106 valence electrons. The fourth-order valence-electron chi connectivity index (χ4n) is 1.85. The molecular formula is C13H16F3NO2. The quantitative estimate of drug-likeness (QED) is 0.811. The second-order valence-electron chi connectivity index (χ2n) is 4.83. The molecule has 1 rings (SSSR count). The van der Waals surface area contributed by atoms with E-state index in [9.17, 15) is 18.0 Å². The summed E-state index contributed by atoms with van der Waals surface area (Å²) in [5.41, 5.74) is 0.207. The van der Waals surface area contributed by atoms with Crippen molar-refractivity contribution in [1.29, 1.82) is 0 Å². The Bertz CT molecular complexity index is 440. The summed E-state index contributed by atoms with van der Waals surface area (Å²) in [4.78, 5) is 12.3. The molecule has 3 nitrogen and oxygen atoms in total. The lowest BCUT2D eigenvalue weighted by atomic mass is 10.1. The maximum Gasteiger partial charge on any atom is 0.317 e. The fraction of sp³-hybridized carbons (Fsp3) is 0.462. The Morgan fingerprint density at radius 2 is 1.79 bits per heavy atom. The van der Waals surface area contributed by atoms with Crippen LogP contribution in [0.25, 0.3) is 0 Å². The second-order valence-corrected chi connectivity index (χ2v) is 4.83. The summed E-state index contributed by atoms with van der Waals surface area (Å²) in [5, 5.41) is 8.78. The number of carboxylic acids is 1. The second kappa shape index (κ2) is 6.56. The number of carboxylic acid groups (broad SMARTS) is 1. The van der Waals surface area contributed by atoms with Gasteiger partial charge in [-0.2, -0.15) is 0 Å². The minimum atomic E-state index is -1.52. The number of carbonyl (C=O) groups is 1. The van der Waals surface area contributed by atoms with Gasteiger partial charge >= 0.3 is 5.97 Å². The van der Waals surface area contributed by atoms with Gasteiger partial charge in [0.1, 0.15) is 0 Å². The monoisotopic (exact) mass is 275 g/mol. The summed E-state index contributed by atoms with van der Waals surface area (Å²) >= 11 is 0. The van der Waals surface area contributed by atoms with Gasteiger partial charge in [0.2, 0.25) is 0 Å². The van der Waals surface area contributed by atoms with E-state index in [1.54, 1.807) is 4.90 Å². The molecule has 0 radical (unpaired) electrons. The third-order valence-electron chi connectivity index (χ3n) is 2.43. The molecule has 0 saturated heterocycles. The molecule has 0 spiro atoms. The summed E-state index contributed by atoms with van der Waals surface area (Å²) in [5.74, 6) is -4.87. The van der Waals surface area contributed by atoms with Crippen molar-refractivity contribution in [2.75, 3.05) is 13.1 Å². The lowest BCUT2D eigenvalue weighted by Gasteiger charge is -2.22. The molecule has 1 aromatic carbocycles. The number of nitrogens with zero attached hydrogens (tertiary/aromatic N) is 1. The largest absolute Gasteiger partial charge is 0.480 e. The standard InChI is InChI=1S/C13H16F3NO2/c1-8(2)5-17(7-12(18)19)6-9-3-10(14)13(16)11(15)4-9/h3-4,8H,5-7H2,1-2H3,(H,18,19). The van der Waals surface area contributed by atoms with Crippen molar-refractivity contribution in [2.24, 2.45) is 5.92 Å². The molecule has 1 N–H and O–H groups in total. The molecule has 0 saturated carbocycles. The van der Waals surface area contributed by atoms with E-state index in [-0.39, 0.29) is 24.6 Å². The Balaban J connectivity index is 2.86. The molecule has 1 aromatic rings. The molecule has 0 amide bonds. The van der Waals surface area contributed by atoms with Gasteiger partial charge in [0.15, 0.2) is 17.5 Å². The van der Waals surface area contributed by atoms with Crippen molar-refractivity contribution < 1.29 is 23.1 Å². The Labute approximate surface area is 109 Å². The third-order valence-corrected chi connectivity index (χ3v) is 2.43. The van der Waals surface area contributed by atoms with Crippen molar-refractivity contribution in [2.45, 2.75) is 20.4 Å². The summed E-state index contributed by atoms with van der Waals surface area (Å²) < 4.78 is 38.9. The average Bonchev–Trinajstić information content (AvgIpc) is 2.23. The van der Waals surface area contributed by atoms with E-state index in [2.05, 4.69) is 0 Å². The van der Waals surface area contributed by atoms with Crippen molar-refractivity contribution >= 4 is 5.97 Å². The van der Waals surface area contributed by atoms with E-state index in [4.69, 9.17) is 5.11 Å². The average molecular weight is 275 g/mol. The van der Waals surface area contributed by atoms with Crippen molar-refractivity contribution in [1.82, 2.24) is 4.90 Å². The van der Waals surface area contributed by atoms with Gasteiger partial charge in [-0.05, 0) is 23.6 Å². The highest BCUT2D eigenvalue weighted by atomic mass is 19.2. The molecule has 0 atom stereocenters. The maximum absolute atomic E-state index is 13.1. The van der Waals surface area contributed by atoms with Crippen molar-refractivity contribution in [3.63, 3.8) is 0 Å². The van der Waals surface area contributed by atoms with Gasteiger partial charge in [0.25, 0.3) is 0 Å². The molecule has 0 bridgehead atoms. The van der Waals surface area contributed by atoms with Crippen LogP contribution in [0.3, 0.4) is 0 Å². The Morgan fingerprint density at radius 3 is 2.21 bits per heavy atom. The third kappa shape index (κ3) is 4.90. The van der Waals surface area contributed by atoms with E-state index in [0.717, 1.165) is 12.1 Å². The van der Waals surface area contributed by atoms with E-state index < -0.39 is 23.4 Å². The molecular weight excluding hydrogens is 259 g/mol.